The summed E-state index contributed by atoms with van der Waals surface area (Å²) in [6.07, 6.45) is 1.91. The first kappa shape index (κ1) is 8.48. The van der Waals surface area contributed by atoms with E-state index in [1.54, 1.807) is 0 Å². The minimum absolute atomic E-state index is 0.799. The van der Waals surface area contributed by atoms with Crippen molar-refractivity contribution in [3.8, 4) is 0 Å². The van der Waals surface area contributed by atoms with Gasteiger partial charge >= 0.3 is 0 Å². The molecule has 2 nitrogen and oxygen atoms in total. The smallest absolute Gasteiger partial charge is 0.152 e. The molecule has 0 bridgehead atoms. The molecular weight excluding hydrogens is 186 g/mol. The zero-order valence-corrected chi connectivity index (χ0v) is 8.36. The monoisotopic (exact) mass is 197 g/mol. The number of aromatic nitrogens is 1. The fourth-order valence-corrected chi connectivity index (χ4v) is 2.43. The van der Waals surface area contributed by atoms with Gasteiger partial charge in [0.2, 0.25) is 0 Å². The molecule has 3 rings (SSSR count). The Kier molecular flexibility index (Phi) is 1.60. The molecule has 0 unspecified atom stereocenters. The van der Waals surface area contributed by atoms with Crippen LogP contribution in [0, 0.1) is 0 Å². The average molecular weight is 197 g/mol. The molecule has 1 aliphatic heterocycles. The van der Waals surface area contributed by atoms with Crippen molar-refractivity contribution in [2.75, 3.05) is 0 Å². The lowest BCUT2D eigenvalue weighted by atomic mass is 10.1. The number of para-hydroxylation sites is 1. The van der Waals surface area contributed by atoms with Crippen LogP contribution in [0.15, 0.2) is 30.8 Å². The van der Waals surface area contributed by atoms with Gasteiger partial charge in [-0.2, -0.15) is 0 Å². The van der Waals surface area contributed by atoms with Crippen molar-refractivity contribution in [1.82, 2.24) is 4.57 Å². The second-order valence-electron chi connectivity index (χ2n) is 3.90. The Hall–Kier alpha value is -1.83. The third-order valence-electron chi connectivity index (χ3n) is 3.10. The lowest BCUT2D eigenvalue weighted by molar-refractivity contribution is 0.112. The molecule has 0 aliphatic carbocycles. The molecule has 0 saturated carbocycles. The largest absolute Gasteiger partial charge is 0.340 e. The van der Waals surface area contributed by atoms with Gasteiger partial charge in [0.15, 0.2) is 6.29 Å². The summed E-state index contributed by atoms with van der Waals surface area (Å²) in [5.74, 6) is 0. The van der Waals surface area contributed by atoms with Crippen LogP contribution in [0.5, 0.6) is 0 Å². The van der Waals surface area contributed by atoms with Gasteiger partial charge in [-0.05, 0) is 18.1 Å². The van der Waals surface area contributed by atoms with Crippen molar-refractivity contribution >= 4 is 22.8 Å². The molecule has 0 spiro atoms. The first-order valence-corrected chi connectivity index (χ1v) is 5.07. The van der Waals surface area contributed by atoms with Gasteiger partial charge < -0.3 is 4.57 Å². The van der Waals surface area contributed by atoms with E-state index in [0.29, 0.717) is 0 Å². The number of allylic oxidation sites excluding steroid dienone is 1. The van der Waals surface area contributed by atoms with Crippen molar-refractivity contribution < 1.29 is 4.79 Å². The van der Waals surface area contributed by atoms with Crippen molar-refractivity contribution in [2.45, 2.75) is 13.0 Å². The van der Waals surface area contributed by atoms with Crippen LogP contribution in [0.3, 0.4) is 0 Å². The Balaban J connectivity index is 2.52. The summed E-state index contributed by atoms with van der Waals surface area (Å²) in [7, 11) is 0. The normalized spacial score (nSPS) is 14.5. The highest BCUT2D eigenvalue weighted by Crippen LogP contribution is 2.35. The number of hydrogen-bond donors (Lipinski definition) is 0. The van der Waals surface area contributed by atoms with Crippen LogP contribution in [0.2, 0.25) is 0 Å². The van der Waals surface area contributed by atoms with Crippen molar-refractivity contribution in [2.24, 2.45) is 0 Å². The van der Waals surface area contributed by atoms with Gasteiger partial charge in [-0.3, -0.25) is 4.79 Å². The third kappa shape index (κ3) is 0.962. The molecule has 2 heteroatoms. The van der Waals surface area contributed by atoms with Crippen LogP contribution in [0.4, 0.5) is 0 Å². The van der Waals surface area contributed by atoms with Crippen LogP contribution in [-0.2, 0) is 6.54 Å². The summed E-state index contributed by atoms with van der Waals surface area (Å²) in [6.45, 7) is 4.97. The zero-order valence-electron chi connectivity index (χ0n) is 8.36. The molecule has 2 aromatic rings. The lowest BCUT2D eigenvalue weighted by Gasteiger charge is -1.97. The van der Waals surface area contributed by atoms with E-state index in [2.05, 4.69) is 17.2 Å². The SMILES string of the molecule is C=C1CCn2c1c(C=O)c1ccccc12. The Morgan fingerprint density at radius 3 is 2.93 bits per heavy atom. The summed E-state index contributed by atoms with van der Waals surface area (Å²) >= 11 is 0. The lowest BCUT2D eigenvalue weighted by Crippen LogP contribution is -1.91. The van der Waals surface area contributed by atoms with E-state index < -0.39 is 0 Å². The van der Waals surface area contributed by atoms with Gasteiger partial charge in [-0.15, -0.1) is 0 Å². The maximum atomic E-state index is 11.1. The van der Waals surface area contributed by atoms with Crippen molar-refractivity contribution in [3.05, 3.63) is 42.1 Å². The quantitative estimate of drug-likeness (QED) is 0.644. The Labute approximate surface area is 87.8 Å². The number of carbonyl (C=O) groups is 1. The van der Waals surface area contributed by atoms with Gasteiger partial charge in [0.1, 0.15) is 0 Å². The highest BCUT2D eigenvalue weighted by molar-refractivity contribution is 6.03. The molecular formula is C13H11NO. The first-order valence-electron chi connectivity index (χ1n) is 5.07. The van der Waals surface area contributed by atoms with Gasteiger partial charge in [-0.1, -0.05) is 24.8 Å². The molecule has 1 aromatic carbocycles. The number of carbonyl (C=O) groups excluding carboxylic acids is 1. The Morgan fingerprint density at radius 2 is 2.13 bits per heavy atom. The molecule has 1 aromatic heterocycles. The standard InChI is InChI=1S/C13H11NO/c1-9-6-7-14-12-5-3-2-4-10(12)11(8-15)13(9)14/h2-5,8H,1,6-7H2. The van der Waals surface area contributed by atoms with Crippen LogP contribution in [0.1, 0.15) is 22.5 Å². The van der Waals surface area contributed by atoms with E-state index in [0.717, 1.165) is 47.0 Å². The highest BCUT2D eigenvalue weighted by Gasteiger charge is 2.22. The molecule has 0 saturated heterocycles. The number of rotatable bonds is 1. The van der Waals surface area contributed by atoms with Gasteiger partial charge in [-0.25, -0.2) is 0 Å². The fraction of sp³-hybridized carbons (Fsp3) is 0.154. The summed E-state index contributed by atoms with van der Waals surface area (Å²) in [5, 5.41) is 1.04. The number of benzene rings is 1. The first-order chi connectivity index (χ1) is 7.33. The maximum Gasteiger partial charge on any atom is 0.152 e. The molecule has 1 aliphatic rings. The van der Waals surface area contributed by atoms with Crippen molar-refractivity contribution in [3.63, 3.8) is 0 Å². The Morgan fingerprint density at radius 1 is 1.33 bits per heavy atom. The molecule has 0 N–H and O–H groups in total. The minimum atomic E-state index is 0.799. The van der Waals surface area contributed by atoms with Crippen LogP contribution in [0.25, 0.3) is 16.5 Å². The predicted octanol–water partition coefficient (Wildman–Crippen LogP) is 2.87. The summed E-state index contributed by atoms with van der Waals surface area (Å²) in [4.78, 5) is 11.1. The molecule has 15 heavy (non-hydrogen) atoms. The minimum Gasteiger partial charge on any atom is -0.340 e. The molecule has 2 heterocycles. The molecule has 74 valence electrons. The second kappa shape index (κ2) is 2.83. The number of hydrogen-bond acceptors (Lipinski definition) is 1. The molecule has 0 fully saturated rings. The fourth-order valence-electron chi connectivity index (χ4n) is 2.43. The van der Waals surface area contributed by atoms with Gasteiger partial charge in [0.05, 0.1) is 5.69 Å². The van der Waals surface area contributed by atoms with E-state index in [1.807, 2.05) is 18.2 Å². The molecule has 0 radical (unpaired) electrons. The van der Waals surface area contributed by atoms with Crippen LogP contribution in [-0.4, -0.2) is 10.9 Å². The second-order valence-corrected chi connectivity index (χ2v) is 3.90. The maximum absolute atomic E-state index is 11.1. The average Bonchev–Trinajstić information content (AvgIpc) is 2.78. The highest BCUT2D eigenvalue weighted by atomic mass is 16.1. The predicted molar refractivity (Wildman–Crippen MR) is 61.0 cm³/mol. The van der Waals surface area contributed by atoms with E-state index in [-0.39, 0.29) is 0 Å². The summed E-state index contributed by atoms with van der Waals surface area (Å²) in [6, 6.07) is 8.03. The van der Waals surface area contributed by atoms with Crippen molar-refractivity contribution in [1.29, 1.82) is 0 Å². The third-order valence-corrected chi connectivity index (χ3v) is 3.10. The van der Waals surface area contributed by atoms with Crippen LogP contribution < -0.4 is 0 Å². The van der Waals surface area contributed by atoms with E-state index in [1.165, 1.54) is 0 Å². The van der Waals surface area contributed by atoms with E-state index in [9.17, 15) is 4.79 Å². The summed E-state index contributed by atoms with van der Waals surface area (Å²) in [5.41, 5.74) is 4.06. The number of aldehydes is 1. The number of aryl methyl sites for hydroxylation is 1. The van der Waals surface area contributed by atoms with Gasteiger partial charge in [0.25, 0.3) is 0 Å². The Bertz CT molecular complexity index is 577. The summed E-state index contributed by atoms with van der Waals surface area (Å²) < 4.78 is 2.20. The number of fused-ring (bicyclic) bond motifs is 3. The van der Waals surface area contributed by atoms with E-state index >= 15 is 0 Å². The topological polar surface area (TPSA) is 22.0 Å². The van der Waals surface area contributed by atoms with Crippen LogP contribution >= 0.6 is 0 Å². The number of nitrogens with zero attached hydrogens (tertiary/aromatic N) is 1. The molecule has 0 atom stereocenters. The van der Waals surface area contributed by atoms with Gasteiger partial charge in [0, 0.05) is 23.0 Å². The zero-order chi connectivity index (χ0) is 10.4. The molecule has 0 amide bonds. The van der Waals surface area contributed by atoms with E-state index in [4.69, 9.17) is 0 Å².